The Morgan fingerprint density at radius 2 is 1.98 bits per heavy atom. The maximum absolute atomic E-state index is 13.5. The molecule has 1 aliphatic heterocycles. The number of hydrogen-bond acceptors (Lipinski definition) is 8. The van der Waals surface area contributed by atoms with Crippen molar-refractivity contribution >= 4 is 23.0 Å². The van der Waals surface area contributed by atoms with Gasteiger partial charge in [0, 0.05) is 27.1 Å². The number of rotatable bonds is 8. The molecule has 1 aromatic carbocycles. The van der Waals surface area contributed by atoms with Crippen LogP contribution in [0.5, 0.6) is 0 Å². The molecule has 12 nitrogen and oxygen atoms in total. The van der Waals surface area contributed by atoms with Gasteiger partial charge >= 0.3 is 6.03 Å². The van der Waals surface area contributed by atoms with Crippen LogP contribution < -0.4 is 10.6 Å². The molecule has 0 radical (unpaired) electrons. The Hall–Kier alpha value is -3.65. The Labute approximate surface area is 230 Å². The van der Waals surface area contributed by atoms with Crippen LogP contribution in [0.3, 0.4) is 0 Å². The number of aromatic nitrogens is 4. The van der Waals surface area contributed by atoms with Gasteiger partial charge in [-0.25, -0.2) is 23.2 Å². The van der Waals surface area contributed by atoms with Crippen molar-refractivity contribution in [3.05, 3.63) is 41.0 Å². The van der Waals surface area contributed by atoms with Crippen LogP contribution >= 0.6 is 0 Å². The molecule has 0 unspecified atom stereocenters. The molecule has 2 saturated carbocycles. The predicted molar refractivity (Wildman–Crippen MR) is 140 cm³/mol. The summed E-state index contributed by atoms with van der Waals surface area (Å²) in [5.74, 6) is -2.34. The van der Waals surface area contributed by atoms with Gasteiger partial charge in [0.2, 0.25) is 0 Å². The van der Waals surface area contributed by atoms with Gasteiger partial charge in [-0.15, -0.1) is 0 Å². The van der Waals surface area contributed by atoms with Crippen LogP contribution in [0.25, 0.3) is 11.0 Å². The second-order valence-corrected chi connectivity index (χ2v) is 9.94. The first-order valence-corrected chi connectivity index (χ1v) is 13.2. The number of nitrogens with zero attached hydrogens (tertiary/aromatic N) is 4. The summed E-state index contributed by atoms with van der Waals surface area (Å²) < 4.78 is 41.8. The third-order valence-corrected chi connectivity index (χ3v) is 6.35. The molecule has 3 fully saturated rings. The molecule has 0 spiro atoms. The van der Waals surface area contributed by atoms with Crippen molar-refractivity contribution in [2.45, 2.75) is 63.7 Å². The standard InChI is InChI=1S/C17H20F2N4O2.C5H7N3O2.C4H8O/c18-17(19)9-20-16(24)23(10-17)8-11-1-4-13-14(7-11)22-15(21-13)5-6-25-12-2-3-12;1-3-4(5(9)6-2)8-10-7-3;1-5-4-2-3-4/h1,4,7,12H,2-3,5-6,8-10H2,(H,20,24)(H,21,22);1-2H3,(H,6,9);4H,2-3H2,1H3. The summed E-state index contributed by atoms with van der Waals surface area (Å²) in [6.07, 6.45) is 6.63. The number of alkyl halides is 2. The highest BCUT2D eigenvalue weighted by atomic mass is 19.3. The van der Waals surface area contributed by atoms with E-state index in [1.165, 1.54) is 19.9 Å². The molecule has 6 rings (SSSR count). The number of hydrogen-bond donors (Lipinski definition) is 3. The van der Waals surface area contributed by atoms with Gasteiger partial charge in [0.05, 0.1) is 42.9 Å². The van der Waals surface area contributed by atoms with Gasteiger partial charge in [-0.1, -0.05) is 11.2 Å². The number of carbonyl (C=O) groups is 2. The van der Waals surface area contributed by atoms with E-state index in [2.05, 4.69) is 35.5 Å². The van der Waals surface area contributed by atoms with Gasteiger partial charge < -0.3 is 30.0 Å². The summed E-state index contributed by atoms with van der Waals surface area (Å²) >= 11 is 0. The molecule has 3 heterocycles. The Bertz CT molecular complexity index is 1290. The van der Waals surface area contributed by atoms with E-state index in [9.17, 15) is 18.4 Å². The van der Waals surface area contributed by atoms with E-state index in [0.29, 0.717) is 30.9 Å². The summed E-state index contributed by atoms with van der Waals surface area (Å²) in [4.78, 5) is 31.5. The van der Waals surface area contributed by atoms with Gasteiger partial charge in [0.15, 0.2) is 5.69 Å². The van der Waals surface area contributed by atoms with Crippen LogP contribution in [0.4, 0.5) is 13.6 Å². The Morgan fingerprint density at radius 3 is 2.58 bits per heavy atom. The average Bonchev–Trinajstić information content (AvgIpc) is 3.86. The van der Waals surface area contributed by atoms with E-state index in [-0.39, 0.29) is 18.1 Å². The van der Waals surface area contributed by atoms with Gasteiger partial charge in [-0.2, -0.15) is 0 Å². The van der Waals surface area contributed by atoms with Crippen LogP contribution in [0.15, 0.2) is 22.8 Å². The van der Waals surface area contributed by atoms with Crippen molar-refractivity contribution in [1.82, 2.24) is 35.8 Å². The van der Waals surface area contributed by atoms with E-state index in [4.69, 9.17) is 9.47 Å². The van der Waals surface area contributed by atoms with Crippen molar-refractivity contribution in [1.29, 1.82) is 0 Å². The molecule has 3 aromatic rings. The minimum absolute atomic E-state index is 0.135. The predicted octanol–water partition coefficient (Wildman–Crippen LogP) is 2.98. The highest BCUT2D eigenvalue weighted by Gasteiger charge is 2.38. The summed E-state index contributed by atoms with van der Waals surface area (Å²) in [6, 6.07) is 5.04. The minimum Gasteiger partial charge on any atom is -0.381 e. The number of methoxy groups -OCH3 is 1. The number of nitrogens with one attached hydrogen (secondary N) is 3. The molecule has 3 amide bonds. The molecule has 14 heteroatoms. The van der Waals surface area contributed by atoms with Gasteiger partial charge in [-0.05, 0) is 55.5 Å². The van der Waals surface area contributed by atoms with Gasteiger partial charge in [-0.3, -0.25) is 4.79 Å². The number of aromatic amines is 1. The third kappa shape index (κ3) is 8.68. The second-order valence-electron chi connectivity index (χ2n) is 9.94. The SMILES string of the molecule is CNC(=O)c1nonc1C.COC1CC1.O=C1NCC(F)(F)CN1Cc1ccc2nc(CCOC3CC3)[nH]c2c1. The fraction of sp³-hybridized carbons (Fsp3) is 0.577. The summed E-state index contributed by atoms with van der Waals surface area (Å²) in [6.45, 7) is 1.26. The van der Waals surface area contributed by atoms with Gasteiger partial charge in [0.25, 0.3) is 11.8 Å². The van der Waals surface area contributed by atoms with Crippen molar-refractivity contribution in [3.8, 4) is 0 Å². The van der Waals surface area contributed by atoms with E-state index in [1.807, 2.05) is 18.2 Å². The van der Waals surface area contributed by atoms with Crippen LogP contribution in [0.2, 0.25) is 0 Å². The molecule has 0 atom stereocenters. The number of benzene rings is 1. The zero-order valence-electron chi connectivity index (χ0n) is 22.8. The topological polar surface area (TPSA) is 148 Å². The largest absolute Gasteiger partial charge is 0.381 e. The molecular formula is C26H35F2N7O5. The summed E-state index contributed by atoms with van der Waals surface area (Å²) in [5.41, 5.74) is 3.17. The number of carbonyl (C=O) groups excluding carboxylic acids is 2. The number of amides is 3. The number of fused-ring (bicyclic) bond motifs is 1. The smallest absolute Gasteiger partial charge is 0.318 e. The van der Waals surface area contributed by atoms with Gasteiger partial charge in [0.1, 0.15) is 11.5 Å². The lowest BCUT2D eigenvalue weighted by atomic mass is 10.1. The lowest BCUT2D eigenvalue weighted by Gasteiger charge is -2.32. The van der Waals surface area contributed by atoms with E-state index < -0.39 is 25.0 Å². The molecule has 3 N–H and O–H groups in total. The normalized spacial score (nSPS) is 17.8. The number of ether oxygens (including phenoxy) is 2. The van der Waals surface area contributed by atoms with E-state index >= 15 is 0 Å². The summed E-state index contributed by atoms with van der Waals surface area (Å²) in [5, 5.41) is 11.5. The molecule has 40 heavy (non-hydrogen) atoms. The molecule has 2 aromatic heterocycles. The first-order valence-electron chi connectivity index (χ1n) is 13.2. The Balaban J connectivity index is 0.000000201. The molecule has 1 saturated heterocycles. The Kier molecular flexibility index (Phi) is 9.63. The summed E-state index contributed by atoms with van der Waals surface area (Å²) in [7, 11) is 3.29. The molecule has 3 aliphatic rings. The van der Waals surface area contributed by atoms with Crippen LogP contribution in [-0.4, -0.2) is 89.1 Å². The first kappa shape index (κ1) is 29.3. The molecule has 2 aliphatic carbocycles. The first-order chi connectivity index (χ1) is 19.2. The molecular weight excluding hydrogens is 528 g/mol. The lowest BCUT2D eigenvalue weighted by molar-refractivity contribution is -0.0367. The second kappa shape index (κ2) is 13.1. The minimum atomic E-state index is -2.90. The lowest BCUT2D eigenvalue weighted by Crippen LogP contribution is -2.56. The fourth-order valence-electron chi connectivity index (χ4n) is 3.81. The maximum Gasteiger partial charge on any atom is 0.318 e. The number of urea groups is 1. The average molecular weight is 564 g/mol. The number of aryl methyl sites for hydroxylation is 1. The third-order valence-electron chi connectivity index (χ3n) is 6.35. The van der Waals surface area contributed by atoms with Crippen LogP contribution in [0.1, 0.15) is 53.3 Å². The van der Waals surface area contributed by atoms with Crippen molar-refractivity contribution in [3.63, 3.8) is 0 Å². The number of halogens is 2. The van der Waals surface area contributed by atoms with Crippen molar-refractivity contribution < 1.29 is 32.5 Å². The number of imidazole rings is 1. The zero-order chi connectivity index (χ0) is 28.7. The highest BCUT2D eigenvalue weighted by molar-refractivity contribution is 5.92. The maximum atomic E-state index is 13.5. The highest BCUT2D eigenvalue weighted by Crippen LogP contribution is 2.24. The molecule has 218 valence electrons. The van der Waals surface area contributed by atoms with Crippen LogP contribution in [-0.2, 0) is 22.4 Å². The zero-order valence-corrected chi connectivity index (χ0v) is 22.8. The van der Waals surface area contributed by atoms with E-state index in [1.54, 1.807) is 14.0 Å². The number of H-pyrrole nitrogens is 1. The van der Waals surface area contributed by atoms with Crippen molar-refractivity contribution in [2.24, 2.45) is 0 Å². The monoisotopic (exact) mass is 563 g/mol. The van der Waals surface area contributed by atoms with Crippen LogP contribution in [0, 0.1) is 6.92 Å². The van der Waals surface area contributed by atoms with Crippen molar-refractivity contribution in [2.75, 3.05) is 33.9 Å². The van der Waals surface area contributed by atoms with E-state index in [0.717, 1.165) is 40.2 Å². The fourth-order valence-corrected chi connectivity index (χ4v) is 3.81. The molecule has 0 bridgehead atoms. The quantitative estimate of drug-likeness (QED) is 0.379. The Morgan fingerprint density at radius 1 is 1.23 bits per heavy atom.